The van der Waals surface area contributed by atoms with Crippen LogP contribution in [-0.4, -0.2) is 46.1 Å². The quantitative estimate of drug-likeness (QED) is 0.857. The molecule has 144 valence electrons. The first-order valence-corrected chi connectivity index (χ1v) is 9.12. The highest BCUT2D eigenvalue weighted by molar-refractivity contribution is 7.13. The lowest BCUT2D eigenvalue weighted by Gasteiger charge is -2.18. The summed E-state index contributed by atoms with van der Waals surface area (Å²) in [6.45, 7) is 0.881. The Labute approximate surface area is 157 Å². The van der Waals surface area contributed by atoms with Crippen molar-refractivity contribution in [1.29, 1.82) is 0 Å². The van der Waals surface area contributed by atoms with E-state index in [0.29, 0.717) is 5.69 Å². The number of carbonyl (C=O) groups excluding carboxylic acids is 1. The van der Waals surface area contributed by atoms with E-state index in [1.807, 2.05) is 31.2 Å². The van der Waals surface area contributed by atoms with Gasteiger partial charge in [-0.15, -0.1) is 11.3 Å². The number of thiazole rings is 1. The number of carboxylic acid groups (broad SMARTS) is 1. The van der Waals surface area contributed by atoms with E-state index in [9.17, 15) is 22.8 Å². The molecule has 1 N–H and O–H groups in total. The van der Waals surface area contributed by atoms with Crippen LogP contribution in [0.1, 0.15) is 11.3 Å². The number of aliphatic carboxylic acids is 1. The van der Waals surface area contributed by atoms with E-state index in [-0.39, 0.29) is 6.42 Å². The molecule has 1 fully saturated rings. The molecule has 2 heterocycles. The Kier molecular flexibility index (Phi) is 5.23. The van der Waals surface area contributed by atoms with Gasteiger partial charge in [0.15, 0.2) is 0 Å². The van der Waals surface area contributed by atoms with Gasteiger partial charge < -0.3 is 10.0 Å². The van der Waals surface area contributed by atoms with Gasteiger partial charge in [-0.05, 0) is 13.0 Å². The molecule has 1 aromatic carbocycles. The predicted octanol–water partition coefficient (Wildman–Crippen LogP) is 3.38. The number of aryl methyl sites for hydroxylation is 1. The molecule has 2 aromatic rings. The molecule has 0 radical (unpaired) electrons. The average molecular weight is 398 g/mol. The van der Waals surface area contributed by atoms with Gasteiger partial charge in [0.05, 0.1) is 24.0 Å². The van der Waals surface area contributed by atoms with Crippen LogP contribution in [0.4, 0.5) is 13.2 Å². The fraction of sp³-hybridized carbons (Fsp3) is 0.389. The highest BCUT2D eigenvalue weighted by Gasteiger charge is 2.53. The normalized spacial score (nSPS) is 20.1. The predicted molar refractivity (Wildman–Crippen MR) is 93.2 cm³/mol. The second kappa shape index (κ2) is 7.30. The highest BCUT2D eigenvalue weighted by atomic mass is 32.1. The molecular weight excluding hydrogens is 381 g/mol. The van der Waals surface area contributed by atoms with Crippen molar-refractivity contribution in [2.45, 2.75) is 19.5 Å². The largest absolute Gasteiger partial charge is 0.481 e. The van der Waals surface area contributed by atoms with Crippen LogP contribution in [0, 0.1) is 18.8 Å². The number of likely N-dealkylation sites (tertiary alicyclic amines) is 1. The Morgan fingerprint density at radius 2 is 2.07 bits per heavy atom. The molecule has 1 aromatic heterocycles. The molecule has 0 spiro atoms. The first-order chi connectivity index (χ1) is 12.6. The minimum absolute atomic E-state index is 0.154. The summed E-state index contributed by atoms with van der Waals surface area (Å²) in [5.41, 5.74) is 2.43. The van der Waals surface area contributed by atoms with Crippen LogP contribution in [0.25, 0.3) is 10.6 Å². The standard InChI is InChI=1S/C18H17F3N2O3S/c1-10-3-2-4-11(5-10)16-22-12(9-27-16)6-15(24)23-7-13(17(25)26)14(8-23)18(19,20)21/h2-5,9,13-14H,6-8H2,1H3,(H,25,26)/t13-,14-/m1/s1. The monoisotopic (exact) mass is 398 g/mol. The number of hydrogen-bond acceptors (Lipinski definition) is 4. The van der Waals surface area contributed by atoms with Gasteiger partial charge in [0.1, 0.15) is 5.01 Å². The molecule has 1 saturated heterocycles. The first-order valence-electron chi connectivity index (χ1n) is 8.24. The number of carbonyl (C=O) groups is 2. The maximum absolute atomic E-state index is 13.0. The molecule has 9 heteroatoms. The maximum atomic E-state index is 13.0. The lowest BCUT2D eigenvalue weighted by atomic mass is 9.96. The number of amides is 1. The molecular formula is C18H17F3N2O3S. The van der Waals surface area contributed by atoms with Crippen molar-refractivity contribution in [1.82, 2.24) is 9.88 Å². The number of aromatic nitrogens is 1. The number of benzene rings is 1. The van der Waals surface area contributed by atoms with Crippen molar-refractivity contribution in [3.63, 3.8) is 0 Å². The van der Waals surface area contributed by atoms with Crippen LogP contribution in [0.15, 0.2) is 29.6 Å². The van der Waals surface area contributed by atoms with Crippen molar-refractivity contribution in [2.24, 2.45) is 11.8 Å². The van der Waals surface area contributed by atoms with E-state index >= 15 is 0 Å². The average Bonchev–Trinajstić information content (AvgIpc) is 3.21. The Hall–Kier alpha value is -2.42. The van der Waals surface area contributed by atoms with Crippen LogP contribution < -0.4 is 0 Å². The summed E-state index contributed by atoms with van der Waals surface area (Å²) in [5.74, 6) is -5.76. The number of nitrogens with zero attached hydrogens (tertiary/aromatic N) is 2. The summed E-state index contributed by atoms with van der Waals surface area (Å²) in [7, 11) is 0. The Morgan fingerprint density at radius 1 is 1.33 bits per heavy atom. The van der Waals surface area contributed by atoms with E-state index in [4.69, 9.17) is 5.11 Å². The fourth-order valence-corrected chi connectivity index (χ4v) is 3.97. The Balaban J connectivity index is 1.70. The molecule has 0 saturated carbocycles. The molecule has 5 nitrogen and oxygen atoms in total. The van der Waals surface area contributed by atoms with Crippen LogP contribution >= 0.6 is 11.3 Å². The van der Waals surface area contributed by atoms with Crippen molar-refractivity contribution in [2.75, 3.05) is 13.1 Å². The molecule has 0 bridgehead atoms. The van der Waals surface area contributed by atoms with Gasteiger partial charge in [-0.1, -0.05) is 23.8 Å². The van der Waals surface area contributed by atoms with Crippen molar-refractivity contribution >= 4 is 23.2 Å². The van der Waals surface area contributed by atoms with Crippen LogP contribution in [0.3, 0.4) is 0 Å². The minimum Gasteiger partial charge on any atom is -0.481 e. The van der Waals surface area contributed by atoms with Gasteiger partial charge in [-0.25, -0.2) is 4.98 Å². The highest BCUT2D eigenvalue weighted by Crippen LogP contribution is 2.38. The van der Waals surface area contributed by atoms with Crippen LogP contribution in [0.5, 0.6) is 0 Å². The van der Waals surface area contributed by atoms with Gasteiger partial charge >= 0.3 is 12.1 Å². The molecule has 1 aliphatic heterocycles. The minimum atomic E-state index is -4.66. The third-order valence-corrected chi connectivity index (χ3v) is 5.50. The molecule has 1 amide bonds. The molecule has 1 aliphatic rings. The molecule has 0 aliphatic carbocycles. The van der Waals surface area contributed by atoms with Crippen LogP contribution in [-0.2, 0) is 16.0 Å². The second-order valence-corrected chi connectivity index (χ2v) is 7.44. The Bertz CT molecular complexity index is 866. The van der Waals surface area contributed by atoms with Crippen LogP contribution in [0.2, 0.25) is 0 Å². The molecule has 3 rings (SSSR count). The summed E-state index contributed by atoms with van der Waals surface area (Å²) in [5, 5.41) is 11.5. The summed E-state index contributed by atoms with van der Waals surface area (Å²) < 4.78 is 39.1. The molecule has 2 atom stereocenters. The Morgan fingerprint density at radius 3 is 2.67 bits per heavy atom. The van der Waals surface area contributed by atoms with Gasteiger partial charge in [-0.2, -0.15) is 13.2 Å². The third-order valence-electron chi connectivity index (χ3n) is 4.56. The number of halogens is 3. The third kappa shape index (κ3) is 4.29. The summed E-state index contributed by atoms with van der Waals surface area (Å²) in [6, 6.07) is 7.69. The molecule has 27 heavy (non-hydrogen) atoms. The van der Waals surface area contributed by atoms with Gasteiger partial charge in [0, 0.05) is 24.0 Å². The van der Waals surface area contributed by atoms with Crippen molar-refractivity contribution < 1.29 is 27.9 Å². The number of alkyl halides is 3. The summed E-state index contributed by atoms with van der Waals surface area (Å²) in [6.07, 6.45) is -4.81. The van der Waals surface area contributed by atoms with Crippen molar-refractivity contribution in [3.8, 4) is 10.6 Å². The lowest BCUT2D eigenvalue weighted by Crippen LogP contribution is -2.34. The topological polar surface area (TPSA) is 70.5 Å². The zero-order valence-corrected chi connectivity index (χ0v) is 15.2. The SMILES string of the molecule is Cc1cccc(-c2nc(CC(=O)N3C[C@@H](C(F)(F)F)[C@H](C(=O)O)C3)cs2)c1. The number of carboxylic acids is 1. The summed E-state index contributed by atoms with van der Waals surface area (Å²) >= 11 is 1.35. The second-order valence-electron chi connectivity index (χ2n) is 6.58. The fourth-order valence-electron chi connectivity index (χ4n) is 3.15. The van der Waals surface area contributed by atoms with Gasteiger partial charge in [0.25, 0.3) is 0 Å². The zero-order valence-electron chi connectivity index (χ0n) is 14.4. The van der Waals surface area contributed by atoms with E-state index in [1.54, 1.807) is 5.38 Å². The van der Waals surface area contributed by atoms with Gasteiger partial charge in [0.2, 0.25) is 5.91 Å². The number of rotatable bonds is 4. The first kappa shape index (κ1) is 19.3. The lowest BCUT2D eigenvalue weighted by molar-refractivity contribution is -0.188. The van der Waals surface area contributed by atoms with E-state index in [0.717, 1.165) is 21.0 Å². The maximum Gasteiger partial charge on any atom is 0.394 e. The smallest absolute Gasteiger partial charge is 0.394 e. The number of hydrogen-bond donors (Lipinski definition) is 1. The van der Waals surface area contributed by atoms with Crippen molar-refractivity contribution in [3.05, 3.63) is 40.9 Å². The molecule has 0 unspecified atom stereocenters. The van der Waals surface area contributed by atoms with E-state index < -0.39 is 43.0 Å². The van der Waals surface area contributed by atoms with Gasteiger partial charge in [-0.3, -0.25) is 9.59 Å². The van der Waals surface area contributed by atoms with E-state index in [1.165, 1.54) is 11.3 Å². The zero-order chi connectivity index (χ0) is 19.8. The summed E-state index contributed by atoms with van der Waals surface area (Å²) in [4.78, 5) is 28.9. The van der Waals surface area contributed by atoms with E-state index in [2.05, 4.69) is 4.98 Å².